The molecule has 1 aliphatic heterocycles. The van der Waals surface area contributed by atoms with Crippen molar-refractivity contribution >= 4 is 11.9 Å². The summed E-state index contributed by atoms with van der Waals surface area (Å²) < 4.78 is 10.4. The monoisotopic (exact) mass is 393 g/mol. The number of nitrogens with zero attached hydrogens (tertiary/aromatic N) is 1. The molecule has 1 aliphatic rings. The molecule has 5 nitrogen and oxygen atoms in total. The second kappa shape index (κ2) is 9.05. The van der Waals surface area contributed by atoms with E-state index in [0.717, 1.165) is 11.1 Å². The fraction of sp³-hybridized carbons (Fsp3) is 0.333. The standard InChI is InChI=1S/C24H27NO4/c1-4-15-25-17-20(16-18-11-7-5-8-12-18)24(22(26)28-2,23(27)29-3)21(25)19-13-9-6-10-14-19/h4-14,20-21H,1,15-17H2,2-3H3/t20-,21+/m1/s1. The van der Waals surface area contributed by atoms with Gasteiger partial charge in [0.1, 0.15) is 0 Å². The molecule has 152 valence electrons. The van der Waals surface area contributed by atoms with Gasteiger partial charge in [0.15, 0.2) is 5.41 Å². The van der Waals surface area contributed by atoms with Crippen molar-refractivity contribution in [1.29, 1.82) is 0 Å². The van der Waals surface area contributed by atoms with Crippen LogP contribution in [0.5, 0.6) is 0 Å². The van der Waals surface area contributed by atoms with E-state index in [0.29, 0.717) is 19.5 Å². The predicted molar refractivity (Wildman–Crippen MR) is 111 cm³/mol. The summed E-state index contributed by atoms with van der Waals surface area (Å²) in [6.07, 6.45) is 2.35. The molecule has 0 radical (unpaired) electrons. The van der Waals surface area contributed by atoms with Gasteiger partial charge >= 0.3 is 11.9 Å². The van der Waals surface area contributed by atoms with Crippen LogP contribution in [0.4, 0.5) is 0 Å². The molecule has 1 heterocycles. The van der Waals surface area contributed by atoms with E-state index in [1.54, 1.807) is 6.08 Å². The topological polar surface area (TPSA) is 55.8 Å². The SMILES string of the molecule is C=CCN1C[C@@H](Cc2ccccc2)C(C(=O)OC)(C(=O)OC)[C@@H]1c1ccccc1. The molecular formula is C24H27NO4. The molecule has 1 saturated heterocycles. The van der Waals surface area contributed by atoms with Gasteiger partial charge in [0.25, 0.3) is 0 Å². The molecule has 0 bridgehead atoms. The first-order valence-corrected chi connectivity index (χ1v) is 9.70. The Hall–Kier alpha value is -2.92. The molecule has 1 fully saturated rings. The molecule has 0 unspecified atom stereocenters. The third-order valence-corrected chi connectivity index (χ3v) is 5.75. The zero-order valence-electron chi connectivity index (χ0n) is 16.9. The minimum Gasteiger partial charge on any atom is -0.468 e. The normalized spacial score (nSPS) is 20.8. The number of rotatable bonds is 7. The molecular weight excluding hydrogens is 366 g/mol. The first-order chi connectivity index (χ1) is 14.1. The lowest BCUT2D eigenvalue weighted by Crippen LogP contribution is -2.50. The van der Waals surface area contributed by atoms with Crippen molar-refractivity contribution in [2.75, 3.05) is 27.3 Å². The fourth-order valence-electron chi connectivity index (χ4n) is 4.60. The van der Waals surface area contributed by atoms with E-state index in [-0.39, 0.29) is 5.92 Å². The Bertz CT molecular complexity index is 834. The maximum absolute atomic E-state index is 13.3. The smallest absolute Gasteiger partial charge is 0.325 e. The van der Waals surface area contributed by atoms with E-state index in [1.807, 2.05) is 60.7 Å². The largest absolute Gasteiger partial charge is 0.468 e. The first kappa shape index (κ1) is 20.8. The zero-order valence-corrected chi connectivity index (χ0v) is 16.9. The van der Waals surface area contributed by atoms with Crippen LogP contribution in [0.3, 0.4) is 0 Å². The third-order valence-electron chi connectivity index (χ3n) is 5.75. The van der Waals surface area contributed by atoms with Gasteiger partial charge in [-0.1, -0.05) is 66.7 Å². The van der Waals surface area contributed by atoms with Crippen LogP contribution in [0, 0.1) is 11.3 Å². The van der Waals surface area contributed by atoms with Crippen molar-refractivity contribution in [2.24, 2.45) is 11.3 Å². The fourth-order valence-corrected chi connectivity index (χ4v) is 4.60. The van der Waals surface area contributed by atoms with Crippen molar-refractivity contribution in [1.82, 2.24) is 4.90 Å². The van der Waals surface area contributed by atoms with Crippen molar-refractivity contribution in [3.8, 4) is 0 Å². The van der Waals surface area contributed by atoms with Crippen molar-refractivity contribution in [2.45, 2.75) is 12.5 Å². The molecule has 29 heavy (non-hydrogen) atoms. The lowest BCUT2D eigenvalue weighted by Gasteiger charge is -2.36. The van der Waals surface area contributed by atoms with Gasteiger partial charge in [-0.25, -0.2) is 0 Å². The lowest BCUT2D eigenvalue weighted by molar-refractivity contribution is -0.174. The maximum Gasteiger partial charge on any atom is 0.325 e. The summed E-state index contributed by atoms with van der Waals surface area (Å²) in [6, 6.07) is 19.0. The van der Waals surface area contributed by atoms with E-state index in [1.165, 1.54) is 14.2 Å². The minimum atomic E-state index is -1.47. The molecule has 5 heteroatoms. The number of carbonyl (C=O) groups is 2. The summed E-state index contributed by atoms with van der Waals surface area (Å²) in [7, 11) is 2.65. The Morgan fingerprint density at radius 3 is 2.10 bits per heavy atom. The quantitative estimate of drug-likeness (QED) is 0.410. The first-order valence-electron chi connectivity index (χ1n) is 9.70. The molecule has 0 saturated carbocycles. The average Bonchev–Trinajstić information content (AvgIpc) is 3.08. The van der Waals surface area contributed by atoms with Crippen molar-refractivity contribution in [3.05, 3.63) is 84.4 Å². The Morgan fingerprint density at radius 1 is 1.03 bits per heavy atom. The van der Waals surface area contributed by atoms with Crippen LogP contribution in [0.15, 0.2) is 73.3 Å². The van der Waals surface area contributed by atoms with E-state index >= 15 is 0 Å². The summed E-state index contributed by atoms with van der Waals surface area (Å²) in [5, 5.41) is 0. The molecule has 0 N–H and O–H groups in total. The molecule has 2 atom stereocenters. The minimum absolute atomic E-state index is 0.310. The second-order valence-electron chi connectivity index (χ2n) is 7.29. The Labute approximate surface area is 171 Å². The highest BCUT2D eigenvalue weighted by atomic mass is 16.5. The Morgan fingerprint density at radius 2 is 1.59 bits per heavy atom. The number of carbonyl (C=O) groups excluding carboxylic acids is 2. The van der Waals surface area contributed by atoms with E-state index in [9.17, 15) is 9.59 Å². The summed E-state index contributed by atoms with van der Waals surface area (Å²) in [4.78, 5) is 28.7. The van der Waals surface area contributed by atoms with Gasteiger partial charge in [0.05, 0.1) is 20.3 Å². The summed E-state index contributed by atoms with van der Waals surface area (Å²) in [5.74, 6) is -1.44. The number of ether oxygens (including phenoxy) is 2. The highest BCUT2D eigenvalue weighted by molar-refractivity contribution is 6.02. The van der Waals surface area contributed by atoms with Gasteiger partial charge in [-0.2, -0.15) is 0 Å². The van der Waals surface area contributed by atoms with Crippen LogP contribution >= 0.6 is 0 Å². The highest BCUT2D eigenvalue weighted by Crippen LogP contribution is 2.53. The van der Waals surface area contributed by atoms with Gasteiger partial charge < -0.3 is 9.47 Å². The summed E-state index contributed by atoms with van der Waals surface area (Å²) >= 11 is 0. The Kier molecular flexibility index (Phi) is 6.49. The number of hydrogen-bond acceptors (Lipinski definition) is 5. The van der Waals surface area contributed by atoms with Crippen LogP contribution in [-0.2, 0) is 25.5 Å². The van der Waals surface area contributed by atoms with Gasteiger partial charge in [-0.05, 0) is 17.5 Å². The molecule has 0 amide bonds. The number of benzene rings is 2. The maximum atomic E-state index is 13.3. The number of methoxy groups -OCH3 is 2. The van der Waals surface area contributed by atoms with Crippen LogP contribution in [0.2, 0.25) is 0 Å². The molecule has 2 aromatic rings. The second-order valence-corrected chi connectivity index (χ2v) is 7.29. The molecule has 0 aliphatic carbocycles. The van der Waals surface area contributed by atoms with Gasteiger partial charge in [-0.3, -0.25) is 14.5 Å². The summed E-state index contributed by atoms with van der Waals surface area (Å²) in [6.45, 7) is 4.95. The number of esters is 2. The molecule has 2 aromatic carbocycles. The molecule has 0 spiro atoms. The molecule has 3 rings (SSSR count). The summed E-state index contributed by atoms with van der Waals surface area (Å²) in [5.41, 5.74) is 0.464. The van der Waals surface area contributed by atoms with Gasteiger partial charge in [-0.15, -0.1) is 6.58 Å². The van der Waals surface area contributed by atoms with E-state index < -0.39 is 23.4 Å². The van der Waals surface area contributed by atoms with Crippen molar-refractivity contribution in [3.63, 3.8) is 0 Å². The molecule has 0 aromatic heterocycles. The third kappa shape index (κ3) is 3.70. The predicted octanol–water partition coefficient (Wildman–Crippen LogP) is 3.42. The number of hydrogen-bond donors (Lipinski definition) is 0. The van der Waals surface area contributed by atoms with E-state index in [4.69, 9.17) is 9.47 Å². The van der Waals surface area contributed by atoms with Gasteiger partial charge in [0.2, 0.25) is 0 Å². The van der Waals surface area contributed by atoms with Gasteiger partial charge in [0, 0.05) is 19.0 Å². The van der Waals surface area contributed by atoms with Crippen LogP contribution in [-0.4, -0.2) is 44.1 Å². The van der Waals surface area contributed by atoms with Crippen LogP contribution < -0.4 is 0 Å². The highest BCUT2D eigenvalue weighted by Gasteiger charge is 2.65. The van der Waals surface area contributed by atoms with Crippen LogP contribution in [0.25, 0.3) is 0 Å². The Balaban J connectivity index is 2.19. The average molecular weight is 393 g/mol. The van der Waals surface area contributed by atoms with Crippen LogP contribution in [0.1, 0.15) is 17.2 Å². The van der Waals surface area contributed by atoms with Crippen molar-refractivity contribution < 1.29 is 19.1 Å². The van der Waals surface area contributed by atoms with E-state index in [2.05, 4.69) is 11.5 Å². The number of likely N-dealkylation sites (tertiary alicyclic amines) is 1. The zero-order chi connectivity index (χ0) is 20.9. The lowest BCUT2D eigenvalue weighted by atomic mass is 9.68.